The van der Waals surface area contributed by atoms with Crippen molar-refractivity contribution in [3.05, 3.63) is 68.5 Å². The first-order valence-electron chi connectivity index (χ1n) is 10.0. The van der Waals surface area contributed by atoms with E-state index < -0.39 is 15.9 Å². The largest absolute Gasteiger partial charge is 0.348 e. The summed E-state index contributed by atoms with van der Waals surface area (Å²) in [6, 6.07) is 12.3. The van der Waals surface area contributed by atoms with Crippen molar-refractivity contribution in [2.75, 3.05) is 13.1 Å². The molecule has 1 aromatic carbocycles. The number of halogens is 4. The summed E-state index contributed by atoms with van der Waals surface area (Å²) in [7, 11) is 0. The molecule has 1 fully saturated rings. The van der Waals surface area contributed by atoms with E-state index >= 15 is 0 Å². The quantitative estimate of drug-likeness (QED) is 0.327. The van der Waals surface area contributed by atoms with E-state index in [0.29, 0.717) is 34.8 Å². The van der Waals surface area contributed by atoms with E-state index in [9.17, 15) is 9.59 Å². The van der Waals surface area contributed by atoms with Crippen LogP contribution in [0.25, 0.3) is 0 Å². The second-order valence-electron chi connectivity index (χ2n) is 7.98. The predicted octanol–water partition coefficient (Wildman–Crippen LogP) is 4.03. The van der Waals surface area contributed by atoms with Crippen molar-refractivity contribution in [2.45, 2.75) is 28.8 Å². The van der Waals surface area contributed by atoms with Gasteiger partial charge in [0, 0.05) is 41.8 Å². The fourth-order valence-electron chi connectivity index (χ4n) is 4.33. The van der Waals surface area contributed by atoms with E-state index in [1.54, 1.807) is 36.4 Å². The molecule has 2 bridgehead atoms. The molecule has 6 nitrogen and oxygen atoms in total. The van der Waals surface area contributed by atoms with Crippen LogP contribution in [0.2, 0.25) is 0 Å². The molecule has 170 valence electrons. The Morgan fingerprint density at radius 1 is 1.09 bits per heavy atom. The molecule has 11 heteroatoms. The minimum Gasteiger partial charge on any atom is -0.348 e. The molecule has 0 saturated carbocycles. The first-order chi connectivity index (χ1) is 15.1. The first kappa shape index (κ1) is 23.8. The van der Waals surface area contributed by atoms with Gasteiger partial charge in [0.1, 0.15) is 6.17 Å². The van der Waals surface area contributed by atoms with Crippen LogP contribution in [-0.2, 0) is 6.54 Å². The minimum absolute atomic E-state index is 0.0254. The molecule has 1 aromatic heterocycles. The van der Waals surface area contributed by atoms with Crippen LogP contribution < -0.4 is 16.2 Å². The molecule has 2 aliphatic heterocycles. The highest BCUT2D eigenvalue weighted by atomic mass is 79.9. The lowest BCUT2D eigenvalue weighted by atomic mass is 9.83. The van der Waals surface area contributed by atoms with Gasteiger partial charge in [-0.05, 0) is 58.7 Å². The maximum Gasteiger partial charge on any atom is 0.254 e. The van der Waals surface area contributed by atoms with Gasteiger partial charge >= 0.3 is 0 Å². The third-order valence-corrected chi connectivity index (χ3v) is 7.48. The topological polar surface area (TPSA) is 66.4 Å². The number of carbonyl (C=O) groups is 1. The van der Waals surface area contributed by atoms with Gasteiger partial charge in [0.05, 0.1) is 5.56 Å². The lowest BCUT2D eigenvalue weighted by Gasteiger charge is -2.44. The number of likely N-dealkylation sites (tertiary alicyclic amines) is 1. The number of benzene rings is 1. The third-order valence-electron chi connectivity index (χ3n) is 5.76. The second-order valence-corrected chi connectivity index (χ2v) is 11.6. The van der Waals surface area contributed by atoms with Crippen molar-refractivity contribution in [3.63, 3.8) is 0 Å². The number of aromatic nitrogens is 1. The second kappa shape index (κ2) is 9.50. The van der Waals surface area contributed by atoms with Crippen LogP contribution in [0.5, 0.6) is 0 Å². The monoisotopic (exact) mass is 576 g/mol. The zero-order chi connectivity index (χ0) is 23.0. The number of carbonyl (C=O) groups excluding carboxylic acids is 1. The highest BCUT2D eigenvalue weighted by molar-refractivity contribution is 9.10. The fraction of sp³-hybridized carbons (Fsp3) is 0.381. The number of hydrogen-bond donors (Lipinski definition) is 2. The molecule has 0 aliphatic carbocycles. The molecule has 2 aromatic rings. The molecule has 0 spiro atoms. The van der Waals surface area contributed by atoms with Gasteiger partial charge in [-0.1, -0.05) is 53.0 Å². The fourth-order valence-corrected chi connectivity index (χ4v) is 5.39. The molecule has 3 atom stereocenters. The first-order valence-corrected chi connectivity index (χ1v) is 12.3. The Bertz CT molecular complexity index is 1110. The van der Waals surface area contributed by atoms with E-state index in [2.05, 4.69) is 26.6 Å². The van der Waals surface area contributed by atoms with E-state index in [0.717, 1.165) is 12.1 Å². The Labute approximate surface area is 214 Å². The summed E-state index contributed by atoms with van der Waals surface area (Å²) in [6.45, 7) is 1.96. The number of hydrogen-bond acceptors (Lipinski definition) is 3. The maximum atomic E-state index is 12.8. The third kappa shape index (κ3) is 5.09. The number of nitrogens with zero attached hydrogens (tertiary/aromatic N) is 2. The molecule has 3 heterocycles. The minimum atomic E-state index is -1.84. The van der Waals surface area contributed by atoms with Crippen LogP contribution >= 0.6 is 63.0 Å². The molecule has 0 radical (unpaired) electrons. The summed E-state index contributed by atoms with van der Waals surface area (Å²) in [5.41, 5.74) is 1.45. The number of alkyl halides is 3. The zero-order valence-electron chi connectivity index (χ0n) is 16.7. The van der Waals surface area contributed by atoms with Crippen LogP contribution in [0.15, 0.2) is 51.7 Å². The summed E-state index contributed by atoms with van der Waals surface area (Å²) in [6.07, 6.45) is -0.0499. The Balaban J connectivity index is 1.48. The zero-order valence-corrected chi connectivity index (χ0v) is 21.4. The maximum absolute atomic E-state index is 12.8. The summed E-state index contributed by atoms with van der Waals surface area (Å²) in [5.74, 6) is 0.0484. The molecular formula is C21H20BrCl3N4O2S. The molecule has 2 N–H and O–H groups in total. The lowest BCUT2D eigenvalue weighted by Crippen LogP contribution is -2.60. The predicted molar refractivity (Wildman–Crippen MR) is 135 cm³/mol. The summed E-state index contributed by atoms with van der Waals surface area (Å²) >= 11 is 27.5. The van der Waals surface area contributed by atoms with Crippen molar-refractivity contribution in [1.29, 1.82) is 0 Å². The molecule has 1 saturated heterocycles. The number of fused-ring (bicyclic) bond motifs is 4. The Morgan fingerprint density at radius 3 is 2.56 bits per heavy atom. The van der Waals surface area contributed by atoms with Gasteiger partial charge in [0.15, 0.2) is 5.11 Å². The van der Waals surface area contributed by atoms with E-state index in [4.69, 9.17) is 47.0 Å². The Kier molecular flexibility index (Phi) is 7.08. The van der Waals surface area contributed by atoms with Crippen LogP contribution in [0, 0.1) is 5.92 Å². The smallest absolute Gasteiger partial charge is 0.254 e. The summed E-state index contributed by atoms with van der Waals surface area (Å²) in [5, 5.41) is 6.12. The van der Waals surface area contributed by atoms with E-state index in [1.165, 1.54) is 0 Å². The average molecular weight is 579 g/mol. The average Bonchev–Trinajstić information content (AvgIpc) is 2.73. The summed E-state index contributed by atoms with van der Waals surface area (Å²) < 4.78 is 0.641. The lowest BCUT2D eigenvalue weighted by molar-refractivity contribution is 0.0932. The van der Waals surface area contributed by atoms with Crippen molar-refractivity contribution < 1.29 is 4.79 Å². The standard InChI is InChI=1S/C21H20BrCl3N4O2S/c22-15-5-2-1-4-14(15)18(31)26-19(21(23,24)25)27-20(32)28-9-12-8-13(11-28)16-6-3-7-17(30)29(16)10-12/h1-7,12-13,19H,8-11H2,(H,26,31)(H,27,32)/t12-,13-,19?/m1/s1. The van der Waals surface area contributed by atoms with Crippen LogP contribution in [-0.4, -0.2) is 43.5 Å². The molecular weight excluding hydrogens is 559 g/mol. The van der Waals surface area contributed by atoms with Crippen molar-refractivity contribution in [2.24, 2.45) is 5.92 Å². The number of piperidine rings is 1. The molecule has 32 heavy (non-hydrogen) atoms. The molecule has 1 amide bonds. The highest BCUT2D eigenvalue weighted by Crippen LogP contribution is 2.35. The number of rotatable bonds is 3. The van der Waals surface area contributed by atoms with Crippen molar-refractivity contribution in [1.82, 2.24) is 20.1 Å². The number of pyridine rings is 1. The normalized spacial score (nSPS) is 20.8. The van der Waals surface area contributed by atoms with Gasteiger partial charge in [0.2, 0.25) is 3.79 Å². The summed E-state index contributed by atoms with van der Waals surface area (Å²) in [4.78, 5) is 27.0. The van der Waals surface area contributed by atoms with Gasteiger partial charge in [-0.3, -0.25) is 9.59 Å². The van der Waals surface area contributed by atoms with Crippen molar-refractivity contribution >= 4 is 74.0 Å². The van der Waals surface area contributed by atoms with E-state index in [-0.39, 0.29) is 17.4 Å². The number of nitrogens with one attached hydrogen (secondary N) is 2. The number of amides is 1. The van der Waals surface area contributed by atoms with Gasteiger partial charge in [-0.25, -0.2) is 0 Å². The van der Waals surface area contributed by atoms with Gasteiger partial charge < -0.3 is 20.1 Å². The Morgan fingerprint density at radius 2 is 1.84 bits per heavy atom. The molecule has 4 rings (SSSR count). The van der Waals surface area contributed by atoms with Crippen LogP contribution in [0.1, 0.15) is 28.4 Å². The number of thiocarbonyl (C=S) groups is 1. The highest BCUT2D eigenvalue weighted by Gasteiger charge is 2.39. The van der Waals surface area contributed by atoms with Gasteiger partial charge in [0.25, 0.3) is 11.5 Å². The van der Waals surface area contributed by atoms with Gasteiger partial charge in [-0.2, -0.15) is 0 Å². The molecule has 2 aliphatic rings. The SMILES string of the molecule is O=C(NC(NC(=S)N1C[C@H]2C[C@H](C1)c1cccc(=O)n1C2)C(Cl)(Cl)Cl)c1ccccc1Br. The van der Waals surface area contributed by atoms with Gasteiger partial charge in [-0.15, -0.1) is 0 Å². The Hall–Kier alpha value is -1.32. The van der Waals surface area contributed by atoms with Crippen LogP contribution in [0.4, 0.5) is 0 Å². The van der Waals surface area contributed by atoms with E-state index in [1.807, 2.05) is 15.5 Å². The molecule has 1 unspecified atom stereocenters. The van der Waals surface area contributed by atoms with Crippen molar-refractivity contribution in [3.8, 4) is 0 Å². The van der Waals surface area contributed by atoms with Crippen LogP contribution in [0.3, 0.4) is 0 Å².